The van der Waals surface area contributed by atoms with Crippen molar-refractivity contribution in [2.75, 3.05) is 0 Å². The van der Waals surface area contributed by atoms with Crippen molar-refractivity contribution < 1.29 is 58.2 Å². The first-order chi connectivity index (χ1) is 4.80. The Kier molecular flexibility index (Phi) is 7.14. The Morgan fingerprint density at radius 1 is 1.45 bits per heavy atom. The molecule has 54 valence electrons. The van der Waals surface area contributed by atoms with Crippen LogP contribution in [0.4, 0.5) is 0 Å². The third-order valence-electron chi connectivity index (χ3n) is 1.63. The van der Waals surface area contributed by atoms with Gasteiger partial charge in [0.25, 0.3) is 0 Å². The number of hydrogen-bond acceptors (Lipinski definition) is 0. The predicted octanol–water partition coefficient (Wildman–Crippen LogP) is -0.108. The van der Waals surface area contributed by atoms with Crippen LogP contribution >= 0.6 is 0 Å². The van der Waals surface area contributed by atoms with Gasteiger partial charge in [0, 0.05) is 0 Å². The van der Waals surface area contributed by atoms with Crippen LogP contribution in [0.15, 0.2) is 29.9 Å². The first-order valence-electron chi connectivity index (χ1n) is 3.74. The van der Waals surface area contributed by atoms with Gasteiger partial charge in [-0.2, -0.15) is 0 Å². The van der Waals surface area contributed by atoms with Crippen molar-refractivity contribution in [3.8, 4) is 0 Å². The van der Waals surface area contributed by atoms with Crippen molar-refractivity contribution >= 4 is 0 Å². The molecule has 1 heteroatoms. The summed E-state index contributed by atoms with van der Waals surface area (Å²) in [5.74, 6) is 0.643. The minimum Gasteiger partial charge on any atom is -0.271 e. The van der Waals surface area contributed by atoms with Gasteiger partial charge in [0.05, 0.1) is 0 Å². The Balaban J connectivity index is 0.000001000. The molecule has 11 heavy (non-hydrogen) atoms. The fourth-order valence-electron chi connectivity index (χ4n) is 0.968. The zero-order valence-electron chi connectivity index (χ0n) is 7.59. The second-order valence-electron chi connectivity index (χ2n) is 2.79. The van der Waals surface area contributed by atoms with E-state index >= 15 is 0 Å². The molecule has 0 saturated heterocycles. The average Bonchev–Trinajstić information content (AvgIpc) is 2.12. The zero-order chi connectivity index (χ0) is 7.40. The molecule has 0 atom stereocenters. The fourth-order valence-corrected chi connectivity index (χ4v) is 0.968. The summed E-state index contributed by atoms with van der Waals surface area (Å²) in [7, 11) is 0. The quantitative estimate of drug-likeness (QED) is 0.539. The molecule has 0 nitrogen and oxygen atoms in total. The summed E-state index contributed by atoms with van der Waals surface area (Å²) >= 11 is 0. The molecule has 0 amide bonds. The Hall–Kier alpha value is 1.03. The normalized spacial score (nSPS) is 15.7. The Bertz CT molecular complexity index is 185. The van der Waals surface area contributed by atoms with Gasteiger partial charge >= 0.3 is 58.2 Å². The number of rotatable bonds is 1. The van der Waals surface area contributed by atoms with Gasteiger partial charge in [-0.05, 0) is 5.92 Å². The summed E-state index contributed by atoms with van der Waals surface area (Å²) in [5, 5.41) is 0. The van der Waals surface area contributed by atoms with Crippen molar-refractivity contribution in [1.82, 2.24) is 0 Å². The summed E-state index contributed by atoms with van der Waals surface area (Å²) in [6.07, 6.45) is 12.5. The summed E-state index contributed by atoms with van der Waals surface area (Å²) in [4.78, 5) is 0. The molecule has 0 unspecified atom stereocenters. The van der Waals surface area contributed by atoms with Gasteiger partial charge in [0.1, 0.15) is 0 Å². The summed E-state index contributed by atoms with van der Waals surface area (Å²) in [5.41, 5.74) is 1.42. The minimum absolute atomic E-state index is 0. The van der Waals surface area contributed by atoms with Crippen LogP contribution in [0.25, 0.3) is 0 Å². The maximum atomic E-state index is 3.14. The predicted molar refractivity (Wildman–Crippen MR) is 44.5 cm³/mol. The Labute approximate surface area is 118 Å². The second-order valence-corrected chi connectivity index (χ2v) is 2.79. The van der Waals surface area contributed by atoms with Gasteiger partial charge < -0.3 is 0 Å². The molecule has 0 fully saturated rings. The van der Waals surface area contributed by atoms with E-state index in [1.807, 2.05) is 6.08 Å². The average molecular weight is 219 g/mol. The molecular weight excluding hydrogens is 206 g/mol. The van der Waals surface area contributed by atoms with Gasteiger partial charge in [0.15, 0.2) is 0 Å². The first kappa shape index (κ1) is 12.0. The molecule has 0 heterocycles. The van der Waals surface area contributed by atoms with Crippen LogP contribution in [-0.2, 0) is 0 Å². The van der Waals surface area contributed by atoms with E-state index in [4.69, 9.17) is 0 Å². The number of hydrogen-bond donors (Lipinski definition) is 0. The van der Waals surface area contributed by atoms with Crippen molar-refractivity contribution in [2.24, 2.45) is 5.92 Å². The third kappa shape index (κ3) is 4.57. The Morgan fingerprint density at radius 2 is 2.18 bits per heavy atom. The third-order valence-corrected chi connectivity index (χ3v) is 1.63. The minimum atomic E-state index is 0. The first-order valence-corrected chi connectivity index (χ1v) is 3.74. The molecule has 0 aromatic heterocycles. The van der Waals surface area contributed by atoms with Crippen molar-refractivity contribution in [2.45, 2.75) is 20.3 Å². The summed E-state index contributed by atoms with van der Waals surface area (Å²) in [6.45, 7) is 4.42. The molecule has 0 N–H and O–H groups in total. The number of allylic oxidation sites excluding steroid dienone is 6. The molecule has 0 spiro atoms. The van der Waals surface area contributed by atoms with E-state index in [0.717, 1.165) is 6.42 Å². The fraction of sp³-hybridized carbons (Fsp3) is 0.400. The van der Waals surface area contributed by atoms with Gasteiger partial charge in [0.2, 0.25) is 0 Å². The van der Waals surface area contributed by atoms with E-state index in [1.165, 1.54) is 5.57 Å². The van der Waals surface area contributed by atoms with E-state index in [9.17, 15) is 0 Å². The SMILES string of the molecule is CC(C)C1=CC[C-]=CC=C1.[Rb+]. The van der Waals surface area contributed by atoms with Crippen LogP contribution in [-0.4, -0.2) is 0 Å². The van der Waals surface area contributed by atoms with E-state index in [1.54, 1.807) is 0 Å². The largest absolute Gasteiger partial charge is 1.00 e. The maximum absolute atomic E-state index is 3.14. The molecule has 1 rings (SSSR count). The molecule has 0 radical (unpaired) electrons. The van der Waals surface area contributed by atoms with Crippen LogP contribution < -0.4 is 58.2 Å². The van der Waals surface area contributed by atoms with Crippen LogP contribution in [0.1, 0.15) is 20.3 Å². The topological polar surface area (TPSA) is 0 Å². The zero-order valence-corrected chi connectivity index (χ0v) is 12.5. The molecule has 0 bridgehead atoms. The summed E-state index contributed by atoms with van der Waals surface area (Å²) < 4.78 is 0. The van der Waals surface area contributed by atoms with Gasteiger partial charge in [-0.3, -0.25) is 6.08 Å². The molecule has 0 aliphatic heterocycles. The maximum Gasteiger partial charge on any atom is 1.00 e. The van der Waals surface area contributed by atoms with Crippen molar-refractivity contribution in [3.05, 3.63) is 36.0 Å². The van der Waals surface area contributed by atoms with Gasteiger partial charge in [-0.1, -0.05) is 31.9 Å². The van der Waals surface area contributed by atoms with E-state index in [2.05, 4.69) is 38.2 Å². The van der Waals surface area contributed by atoms with Crippen LogP contribution in [0.3, 0.4) is 0 Å². The summed E-state index contributed by atoms with van der Waals surface area (Å²) in [6, 6.07) is 0. The van der Waals surface area contributed by atoms with E-state index in [-0.39, 0.29) is 58.2 Å². The smallest absolute Gasteiger partial charge is 0.271 e. The molecule has 1 aliphatic carbocycles. The van der Waals surface area contributed by atoms with E-state index < -0.39 is 0 Å². The molecule has 0 aromatic rings. The Morgan fingerprint density at radius 3 is 2.82 bits per heavy atom. The van der Waals surface area contributed by atoms with Crippen LogP contribution in [0.2, 0.25) is 0 Å². The molecule has 1 aliphatic rings. The van der Waals surface area contributed by atoms with Crippen molar-refractivity contribution in [1.29, 1.82) is 0 Å². The van der Waals surface area contributed by atoms with Crippen LogP contribution in [0.5, 0.6) is 0 Å². The van der Waals surface area contributed by atoms with E-state index in [0.29, 0.717) is 5.92 Å². The second kappa shape index (κ2) is 6.53. The molecule has 0 saturated carbocycles. The van der Waals surface area contributed by atoms with Gasteiger partial charge in [-0.25, -0.2) is 12.2 Å². The van der Waals surface area contributed by atoms with Crippen LogP contribution in [0, 0.1) is 12.0 Å². The van der Waals surface area contributed by atoms with Crippen molar-refractivity contribution in [3.63, 3.8) is 0 Å². The standard InChI is InChI=1S/C10H13.Rb/c1-9(2)10-7-5-3-4-6-8-10;/h3,5,7-9H,6H2,1-2H3;/q-1;+1. The molecular formula is C10H13Rb. The monoisotopic (exact) mass is 218 g/mol. The van der Waals surface area contributed by atoms with Gasteiger partial charge in [-0.15, -0.1) is 6.08 Å². The molecule has 0 aromatic carbocycles.